The molecule has 0 bridgehead atoms. The summed E-state index contributed by atoms with van der Waals surface area (Å²) >= 11 is 5.28. The summed E-state index contributed by atoms with van der Waals surface area (Å²) in [7, 11) is 0. The van der Waals surface area contributed by atoms with E-state index < -0.39 is 0 Å². The molecule has 110 valence electrons. The summed E-state index contributed by atoms with van der Waals surface area (Å²) in [6.45, 7) is 0. The average molecular weight is 356 g/mol. The number of anilines is 1. The van der Waals surface area contributed by atoms with Crippen molar-refractivity contribution in [2.24, 2.45) is 0 Å². The lowest BCUT2D eigenvalue weighted by atomic mass is 9.83. The lowest BCUT2D eigenvalue weighted by molar-refractivity contribution is -0.0555. The predicted molar refractivity (Wildman–Crippen MR) is 89.2 cm³/mol. The minimum absolute atomic E-state index is 0.231. The maximum atomic E-state index is 6.40. The highest BCUT2D eigenvalue weighted by molar-refractivity contribution is 9.10. The molecule has 4 heteroatoms. The molecule has 0 aromatic heterocycles. The van der Waals surface area contributed by atoms with Crippen molar-refractivity contribution in [3.8, 4) is 0 Å². The summed E-state index contributed by atoms with van der Waals surface area (Å²) in [6.07, 6.45) is 9.50. The molecular formula is C16H22BrNOS. The van der Waals surface area contributed by atoms with Crippen molar-refractivity contribution < 1.29 is 4.74 Å². The van der Waals surface area contributed by atoms with Crippen molar-refractivity contribution in [3.63, 3.8) is 0 Å². The molecule has 2 fully saturated rings. The third kappa shape index (κ3) is 3.34. The average Bonchev–Trinajstić information content (AvgIpc) is 2.82. The van der Waals surface area contributed by atoms with Gasteiger partial charge in [0.2, 0.25) is 0 Å². The van der Waals surface area contributed by atoms with Gasteiger partial charge in [-0.3, -0.25) is 0 Å². The summed E-state index contributed by atoms with van der Waals surface area (Å²) in [6, 6.07) is 6.12. The zero-order valence-corrected chi connectivity index (χ0v) is 14.1. The van der Waals surface area contributed by atoms with E-state index in [0.717, 1.165) is 15.9 Å². The molecule has 20 heavy (non-hydrogen) atoms. The molecular weight excluding hydrogens is 334 g/mol. The van der Waals surface area contributed by atoms with E-state index >= 15 is 0 Å². The number of benzene rings is 1. The molecule has 3 rings (SSSR count). The van der Waals surface area contributed by atoms with Gasteiger partial charge in [0.1, 0.15) is 0 Å². The van der Waals surface area contributed by atoms with Crippen LogP contribution in [0.2, 0.25) is 0 Å². The zero-order chi connectivity index (χ0) is 14.0. The van der Waals surface area contributed by atoms with Gasteiger partial charge in [-0.25, -0.2) is 0 Å². The van der Waals surface area contributed by atoms with Gasteiger partial charge in [-0.1, -0.05) is 35.2 Å². The fraction of sp³-hybridized carbons (Fsp3) is 0.625. The van der Waals surface area contributed by atoms with Crippen LogP contribution in [0, 0.1) is 0 Å². The summed E-state index contributed by atoms with van der Waals surface area (Å²) in [5.41, 5.74) is 7.14. The summed E-state index contributed by atoms with van der Waals surface area (Å²) in [4.78, 5) is 1.17. The standard InChI is InChI=1S/C16H22BrNOS/c17-12-4-5-15(14(18)10-12)20-11-13-6-9-16(19-13)7-2-1-3-8-16/h4-5,10,13H,1-3,6-9,11,18H2. The van der Waals surface area contributed by atoms with Gasteiger partial charge in [-0.2, -0.15) is 0 Å². The number of hydrogen-bond acceptors (Lipinski definition) is 3. The van der Waals surface area contributed by atoms with Gasteiger partial charge in [0.25, 0.3) is 0 Å². The van der Waals surface area contributed by atoms with Crippen LogP contribution in [0.4, 0.5) is 5.69 Å². The van der Waals surface area contributed by atoms with E-state index in [1.54, 1.807) is 0 Å². The third-order valence-electron chi connectivity index (χ3n) is 4.50. The maximum absolute atomic E-state index is 6.40. The van der Waals surface area contributed by atoms with E-state index in [9.17, 15) is 0 Å². The lowest BCUT2D eigenvalue weighted by Gasteiger charge is -2.33. The molecule has 1 heterocycles. The molecule has 1 aromatic rings. The Hall–Kier alpha value is -0.190. The number of hydrogen-bond donors (Lipinski definition) is 1. The highest BCUT2D eigenvalue weighted by Crippen LogP contribution is 2.43. The van der Waals surface area contributed by atoms with Gasteiger partial charge in [0, 0.05) is 20.8 Å². The highest BCUT2D eigenvalue weighted by atomic mass is 79.9. The Labute approximate surface area is 134 Å². The van der Waals surface area contributed by atoms with Crippen LogP contribution in [0.1, 0.15) is 44.9 Å². The van der Waals surface area contributed by atoms with Gasteiger partial charge < -0.3 is 10.5 Å². The molecule has 2 N–H and O–H groups in total. The summed E-state index contributed by atoms with van der Waals surface area (Å²) < 4.78 is 7.44. The Balaban J connectivity index is 1.54. The Morgan fingerprint density at radius 2 is 2.05 bits per heavy atom. The van der Waals surface area contributed by atoms with Crippen molar-refractivity contribution in [1.82, 2.24) is 0 Å². The number of nitrogens with two attached hydrogens (primary N) is 1. The number of thioether (sulfide) groups is 1. The van der Waals surface area contributed by atoms with E-state index in [2.05, 4.69) is 28.1 Å². The second kappa shape index (κ2) is 6.29. The minimum atomic E-state index is 0.231. The first-order valence-corrected chi connectivity index (χ1v) is 9.30. The summed E-state index contributed by atoms with van der Waals surface area (Å²) in [5, 5.41) is 0. The zero-order valence-electron chi connectivity index (χ0n) is 11.7. The van der Waals surface area contributed by atoms with Crippen LogP contribution in [-0.2, 0) is 4.74 Å². The van der Waals surface area contributed by atoms with Crippen molar-refractivity contribution in [3.05, 3.63) is 22.7 Å². The molecule has 1 saturated carbocycles. The molecule has 1 spiro atoms. The number of ether oxygens (including phenoxy) is 1. The van der Waals surface area contributed by atoms with E-state index in [4.69, 9.17) is 10.5 Å². The van der Waals surface area contributed by atoms with Crippen LogP contribution >= 0.6 is 27.7 Å². The fourth-order valence-corrected chi connectivity index (χ4v) is 4.78. The molecule has 2 nitrogen and oxygen atoms in total. The number of nitrogen functional groups attached to an aromatic ring is 1. The van der Waals surface area contributed by atoms with Crippen LogP contribution in [0.15, 0.2) is 27.6 Å². The maximum Gasteiger partial charge on any atom is 0.0687 e. The second-order valence-corrected chi connectivity index (χ2v) is 7.99. The molecule has 1 aliphatic heterocycles. The first-order valence-electron chi connectivity index (χ1n) is 7.53. The molecule has 0 radical (unpaired) electrons. The largest absolute Gasteiger partial charge is 0.398 e. The van der Waals surface area contributed by atoms with Crippen molar-refractivity contribution in [2.75, 3.05) is 11.5 Å². The first-order chi connectivity index (χ1) is 9.67. The highest BCUT2D eigenvalue weighted by Gasteiger charge is 2.40. The molecule has 1 atom stereocenters. The minimum Gasteiger partial charge on any atom is -0.398 e. The van der Waals surface area contributed by atoms with Gasteiger partial charge in [0.15, 0.2) is 0 Å². The van der Waals surface area contributed by atoms with Crippen molar-refractivity contribution in [1.29, 1.82) is 0 Å². The van der Waals surface area contributed by atoms with Crippen LogP contribution in [0.25, 0.3) is 0 Å². The predicted octanol–water partition coefficient (Wildman–Crippen LogP) is 5.01. The second-order valence-electron chi connectivity index (χ2n) is 6.02. The van der Waals surface area contributed by atoms with Crippen molar-refractivity contribution >= 4 is 33.4 Å². The Morgan fingerprint density at radius 1 is 1.25 bits per heavy atom. The molecule has 0 amide bonds. The topological polar surface area (TPSA) is 35.2 Å². The summed E-state index contributed by atoms with van der Waals surface area (Å²) in [5.74, 6) is 1.02. The molecule has 1 saturated heterocycles. The number of rotatable bonds is 3. The van der Waals surface area contributed by atoms with Gasteiger partial charge in [-0.15, -0.1) is 11.8 Å². The van der Waals surface area contributed by atoms with E-state index in [1.807, 2.05) is 17.8 Å². The molecule has 1 aromatic carbocycles. The third-order valence-corrected chi connectivity index (χ3v) is 6.21. The van der Waals surface area contributed by atoms with Crippen LogP contribution in [0.5, 0.6) is 0 Å². The van der Waals surface area contributed by atoms with E-state index in [0.29, 0.717) is 6.10 Å². The van der Waals surface area contributed by atoms with E-state index in [-0.39, 0.29) is 5.60 Å². The Morgan fingerprint density at radius 3 is 2.80 bits per heavy atom. The van der Waals surface area contributed by atoms with Crippen LogP contribution < -0.4 is 5.73 Å². The van der Waals surface area contributed by atoms with Gasteiger partial charge >= 0.3 is 0 Å². The van der Waals surface area contributed by atoms with Gasteiger partial charge in [0.05, 0.1) is 11.7 Å². The fourth-order valence-electron chi connectivity index (χ4n) is 3.41. The quantitative estimate of drug-likeness (QED) is 0.611. The van der Waals surface area contributed by atoms with E-state index in [1.165, 1.54) is 49.8 Å². The number of halogens is 1. The molecule has 1 unspecified atom stereocenters. The Bertz CT molecular complexity index is 474. The SMILES string of the molecule is Nc1cc(Br)ccc1SCC1CCC2(CCCCC2)O1. The van der Waals surface area contributed by atoms with Gasteiger partial charge in [-0.05, 0) is 43.9 Å². The lowest BCUT2D eigenvalue weighted by Crippen LogP contribution is -2.32. The normalized spacial score (nSPS) is 25.1. The van der Waals surface area contributed by atoms with Crippen LogP contribution in [0.3, 0.4) is 0 Å². The first kappa shape index (κ1) is 14.7. The monoisotopic (exact) mass is 355 g/mol. The molecule has 2 aliphatic rings. The Kier molecular flexibility index (Phi) is 4.63. The smallest absolute Gasteiger partial charge is 0.0687 e. The molecule has 1 aliphatic carbocycles. The van der Waals surface area contributed by atoms with Crippen molar-refractivity contribution in [2.45, 2.75) is 61.5 Å². The van der Waals surface area contributed by atoms with Crippen LogP contribution in [-0.4, -0.2) is 17.5 Å².